The predicted octanol–water partition coefficient (Wildman–Crippen LogP) is 1.70. The van der Waals surface area contributed by atoms with E-state index in [9.17, 15) is 4.79 Å². The van der Waals surface area contributed by atoms with Crippen molar-refractivity contribution in [3.05, 3.63) is 17.5 Å². The smallest absolute Gasteiger partial charge is 0.356 e. The molecule has 1 aromatic rings. The van der Waals surface area contributed by atoms with Gasteiger partial charge in [-0.05, 0) is 26.8 Å². The van der Waals surface area contributed by atoms with Crippen LogP contribution in [0, 0.1) is 0 Å². The summed E-state index contributed by atoms with van der Waals surface area (Å²) >= 11 is 0. The van der Waals surface area contributed by atoms with Crippen molar-refractivity contribution in [1.82, 2.24) is 9.78 Å². The van der Waals surface area contributed by atoms with Crippen LogP contribution in [0.4, 0.5) is 0 Å². The van der Waals surface area contributed by atoms with Crippen molar-refractivity contribution in [2.45, 2.75) is 33.4 Å². The fourth-order valence-corrected chi connectivity index (χ4v) is 1.30. The molecule has 0 aromatic carbocycles. The number of ether oxygens (including phenoxy) is 1. The van der Waals surface area contributed by atoms with E-state index >= 15 is 0 Å². The van der Waals surface area contributed by atoms with Gasteiger partial charge in [-0.2, -0.15) is 5.10 Å². The van der Waals surface area contributed by atoms with Crippen LogP contribution in [-0.2, 0) is 11.3 Å². The first-order chi connectivity index (χ1) is 7.06. The molecule has 0 bridgehead atoms. The second-order valence-electron chi connectivity index (χ2n) is 3.50. The van der Waals surface area contributed by atoms with Crippen molar-refractivity contribution < 1.29 is 14.6 Å². The van der Waals surface area contributed by atoms with Gasteiger partial charge in [-0.15, -0.1) is 0 Å². The minimum absolute atomic E-state index is 0.0680. The van der Waals surface area contributed by atoms with Crippen LogP contribution in [0.3, 0.4) is 0 Å². The van der Waals surface area contributed by atoms with Crippen LogP contribution in [0.2, 0.25) is 0 Å². The van der Waals surface area contributed by atoms with Crippen LogP contribution in [0.25, 0.3) is 0 Å². The van der Waals surface area contributed by atoms with Gasteiger partial charge in [0.25, 0.3) is 0 Å². The normalized spacial score (nSPS) is 10.9. The minimum Gasteiger partial charge on any atom is -0.476 e. The molecule has 0 amide bonds. The molecule has 0 aliphatic heterocycles. The molecular formula is C10H16N2O3. The Morgan fingerprint density at radius 2 is 2.33 bits per heavy atom. The average molecular weight is 212 g/mol. The highest BCUT2D eigenvalue weighted by molar-refractivity contribution is 5.85. The van der Waals surface area contributed by atoms with Crippen molar-refractivity contribution in [2.75, 3.05) is 6.61 Å². The lowest BCUT2D eigenvalue weighted by atomic mass is 10.3. The number of nitrogens with zero attached hydrogens (tertiary/aromatic N) is 2. The fourth-order valence-electron chi connectivity index (χ4n) is 1.30. The van der Waals surface area contributed by atoms with E-state index in [2.05, 4.69) is 5.10 Å². The zero-order chi connectivity index (χ0) is 11.4. The zero-order valence-electron chi connectivity index (χ0n) is 9.23. The molecule has 5 nitrogen and oxygen atoms in total. The fraction of sp³-hybridized carbons (Fsp3) is 0.600. The first-order valence-corrected chi connectivity index (χ1v) is 4.95. The van der Waals surface area contributed by atoms with E-state index in [0.717, 1.165) is 5.69 Å². The van der Waals surface area contributed by atoms with Gasteiger partial charge in [-0.25, -0.2) is 4.79 Å². The van der Waals surface area contributed by atoms with Gasteiger partial charge in [0.15, 0.2) is 5.69 Å². The van der Waals surface area contributed by atoms with Crippen LogP contribution >= 0.6 is 0 Å². The number of aromatic nitrogens is 2. The average Bonchev–Trinajstić information content (AvgIpc) is 2.58. The minimum atomic E-state index is -1.01. The lowest BCUT2D eigenvalue weighted by Crippen LogP contribution is -2.09. The summed E-state index contributed by atoms with van der Waals surface area (Å²) in [5.74, 6) is -1.01. The molecule has 0 aliphatic carbocycles. The van der Waals surface area contributed by atoms with E-state index < -0.39 is 5.97 Å². The van der Waals surface area contributed by atoms with E-state index in [0.29, 0.717) is 13.2 Å². The topological polar surface area (TPSA) is 64.3 Å². The van der Waals surface area contributed by atoms with Gasteiger partial charge < -0.3 is 9.84 Å². The first-order valence-electron chi connectivity index (χ1n) is 4.95. The number of carboxylic acids is 1. The number of aromatic carboxylic acids is 1. The molecule has 0 atom stereocenters. The van der Waals surface area contributed by atoms with Gasteiger partial charge in [-0.1, -0.05) is 0 Å². The Labute approximate surface area is 88.7 Å². The summed E-state index contributed by atoms with van der Waals surface area (Å²) < 4.78 is 6.93. The van der Waals surface area contributed by atoms with Gasteiger partial charge in [-0.3, -0.25) is 4.68 Å². The monoisotopic (exact) mass is 212 g/mol. The van der Waals surface area contributed by atoms with E-state index in [4.69, 9.17) is 9.84 Å². The molecule has 1 N–H and O–H groups in total. The molecule has 5 heteroatoms. The summed E-state index contributed by atoms with van der Waals surface area (Å²) in [4.78, 5) is 10.7. The van der Waals surface area contributed by atoms with Gasteiger partial charge in [0.2, 0.25) is 0 Å². The van der Waals surface area contributed by atoms with Crippen LogP contribution in [-0.4, -0.2) is 27.5 Å². The zero-order valence-corrected chi connectivity index (χ0v) is 9.23. The highest BCUT2D eigenvalue weighted by atomic mass is 16.5. The third kappa shape index (κ3) is 2.79. The first kappa shape index (κ1) is 11.7. The summed E-state index contributed by atoms with van der Waals surface area (Å²) in [7, 11) is 0. The predicted molar refractivity (Wildman–Crippen MR) is 54.9 cm³/mol. The Kier molecular flexibility index (Phi) is 3.85. The maximum absolute atomic E-state index is 10.7. The van der Waals surface area contributed by atoms with Crippen molar-refractivity contribution in [3.63, 3.8) is 0 Å². The maximum atomic E-state index is 10.7. The Hall–Kier alpha value is -1.36. The van der Waals surface area contributed by atoms with E-state index in [-0.39, 0.29) is 11.7 Å². The summed E-state index contributed by atoms with van der Waals surface area (Å²) in [5, 5.41) is 12.8. The molecule has 84 valence electrons. The third-order valence-corrected chi connectivity index (χ3v) is 1.98. The second kappa shape index (κ2) is 4.93. The summed E-state index contributed by atoms with van der Waals surface area (Å²) in [6.07, 6.45) is 0. The van der Waals surface area contributed by atoms with Crippen molar-refractivity contribution in [1.29, 1.82) is 0 Å². The van der Waals surface area contributed by atoms with Gasteiger partial charge in [0.1, 0.15) is 0 Å². The Morgan fingerprint density at radius 1 is 1.67 bits per heavy atom. The Bertz CT molecular complexity index is 344. The molecule has 0 saturated heterocycles. The van der Waals surface area contributed by atoms with E-state index in [1.165, 1.54) is 0 Å². The standard InChI is InChI=1S/C10H16N2O3/c1-4-15-6-8-5-9(10(13)14)11-12(8)7(2)3/h5,7H,4,6H2,1-3H3,(H,13,14). The number of hydrogen-bond acceptors (Lipinski definition) is 3. The van der Waals surface area contributed by atoms with Crippen molar-refractivity contribution in [3.8, 4) is 0 Å². The summed E-state index contributed by atoms with van der Waals surface area (Å²) in [5.41, 5.74) is 0.864. The number of hydrogen-bond donors (Lipinski definition) is 1. The third-order valence-electron chi connectivity index (χ3n) is 1.98. The highest BCUT2D eigenvalue weighted by Gasteiger charge is 2.14. The van der Waals surface area contributed by atoms with Crippen LogP contribution in [0.1, 0.15) is 43.0 Å². The van der Waals surface area contributed by atoms with Crippen LogP contribution < -0.4 is 0 Å². The van der Waals surface area contributed by atoms with Crippen LogP contribution in [0.15, 0.2) is 6.07 Å². The molecule has 0 aliphatic rings. The van der Waals surface area contributed by atoms with Crippen molar-refractivity contribution in [2.24, 2.45) is 0 Å². The molecule has 1 rings (SSSR count). The largest absolute Gasteiger partial charge is 0.476 e. The van der Waals surface area contributed by atoms with Gasteiger partial charge >= 0.3 is 5.97 Å². The molecule has 1 aromatic heterocycles. The molecule has 0 unspecified atom stereocenters. The van der Waals surface area contributed by atoms with E-state index in [1.807, 2.05) is 20.8 Å². The SMILES string of the molecule is CCOCc1cc(C(=O)O)nn1C(C)C. The molecular weight excluding hydrogens is 196 g/mol. The second-order valence-corrected chi connectivity index (χ2v) is 3.50. The van der Waals surface area contributed by atoms with Crippen molar-refractivity contribution >= 4 is 5.97 Å². The highest BCUT2D eigenvalue weighted by Crippen LogP contribution is 2.12. The number of carbonyl (C=O) groups is 1. The number of carboxylic acid groups (broad SMARTS) is 1. The summed E-state index contributed by atoms with van der Waals surface area (Å²) in [6, 6.07) is 1.69. The molecule has 0 radical (unpaired) electrons. The Balaban J connectivity index is 2.95. The quantitative estimate of drug-likeness (QED) is 0.806. The molecule has 0 fully saturated rings. The lowest BCUT2D eigenvalue weighted by molar-refractivity contribution is 0.0689. The van der Waals surface area contributed by atoms with E-state index in [1.54, 1.807) is 10.7 Å². The molecule has 0 spiro atoms. The maximum Gasteiger partial charge on any atom is 0.356 e. The summed E-state index contributed by atoms with van der Waals surface area (Å²) in [6.45, 7) is 6.80. The molecule has 1 heterocycles. The molecule has 0 saturated carbocycles. The van der Waals surface area contributed by atoms with Crippen LogP contribution in [0.5, 0.6) is 0 Å². The Morgan fingerprint density at radius 3 is 2.80 bits per heavy atom. The van der Waals surface area contributed by atoms with Gasteiger partial charge in [0, 0.05) is 12.6 Å². The van der Waals surface area contributed by atoms with Gasteiger partial charge in [0.05, 0.1) is 12.3 Å². The number of rotatable bonds is 5. The lowest BCUT2D eigenvalue weighted by Gasteiger charge is -2.10. The molecule has 15 heavy (non-hydrogen) atoms.